The van der Waals surface area contributed by atoms with E-state index in [0.717, 1.165) is 38.5 Å². The van der Waals surface area contributed by atoms with Gasteiger partial charge in [-0.2, -0.15) is 5.26 Å². The second-order valence-electron chi connectivity index (χ2n) is 5.99. The predicted octanol–water partition coefficient (Wildman–Crippen LogP) is 2.42. The second-order valence-corrected chi connectivity index (χ2v) is 5.99. The monoisotopic (exact) mass is 322 g/mol. The largest absolute Gasteiger partial charge is 0.383 e. The molecular weight excluding hydrogens is 300 g/mol. The maximum Gasteiger partial charge on any atom is 0.133 e. The quantitative estimate of drug-likeness (QED) is 0.846. The lowest BCUT2D eigenvalue weighted by Gasteiger charge is -2.23. The number of anilines is 1. The highest BCUT2D eigenvalue weighted by Gasteiger charge is 2.20. The number of rotatable bonds is 5. The second kappa shape index (κ2) is 7.91. The fourth-order valence-corrected chi connectivity index (χ4v) is 3.08. The molecule has 0 saturated heterocycles. The summed E-state index contributed by atoms with van der Waals surface area (Å²) in [6.07, 6.45) is 1.85. The summed E-state index contributed by atoms with van der Waals surface area (Å²) in [5.74, 6) is 1.06. The van der Waals surface area contributed by atoms with Crippen LogP contribution in [-0.4, -0.2) is 43.2 Å². The third kappa shape index (κ3) is 3.91. The zero-order chi connectivity index (χ0) is 16.8. The number of pyridine rings is 1. The molecule has 2 heterocycles. The smallest absolute Gasteiger partial charge is 0.133 e. The van der Waals surface area contributed by atoms with Gasteiger partial charge in [-0.3, -0.25) is 4.90 Å². The first-order valence-corrected chi connectivity index (χ1v) is 8.19. The van der Waals surface area contributed by atoms with Crippen molar-refractivity contribution >= 4 is 5.82 Å². The minimum Gasteiger partial charge on any atom is -0.383 e. The van der Waals surface area contributed by atoms with Crippen LogP contribution in [0.5, 0.6) is 0 Å². The molecule has 0 unspecified atom stereocenters. The third-order valence-corrected chi connectivity index (χ3v) is 4.27. The number of hydrogen-bond acceptors (Lipinski definition) is 5. The van der Waals surface area contributed by atoms with Crippen molar-refractivity contribution in [1.29, 1.82) is 5.26 Å². The molecule has 1 aromatic heterocycles. The van der Waals surface area contributed by atoms with Gasteiger partial charge in [0.15, 0.2) is 0 Å². The lowest BCUT2D eigenvalue weighted by atomic mass is 10.1. The van der Waals surface area contributed by atoms with Gasteiger partial charge in [0.1, 0.15) is 5.82 Å². The van der Waals surface area contributed by atoms with Crippen molar-refractivity contribution in [2.24, 2.45) is 0 Å². The summed E-state index contributed by atoms with van der Waals surface area (Å²) in [5, 5.41) is 9.07. The van der Waals surface area contributed by atoms with Gasteiger partial charge in [0.25, 0.3) is 0 Å². The predicted molar refractivity (Wildman–Crippen MR) is 93.6 cm³/mol. The molecule has 3 rings (SSSR count). The lowest BCUT2D eigenvalue weighted by Crippen LogP contribution is -2.33. The van der Waals surface area contributed by atoms with E-state index in [-0.39, 0.29) is 0 Å². The number of aromatic nitrogens is 1. The highest BCUT2D eigenvalue weighted by Crippen LogP contribution is 2.23. The zero-order valence-electron chi connectivity index (χ0n) is 14.0. The molecule has 0 N–H and O–H groups in total. The average molecular weight is 322 g/mol. The highest BCUT2D eigenvalue weighted by molar-refractivity contribution is 5.47. The molecule has 124 valence electrons. The molecule has 0 spiro atoms. The van der Waals surface area contributed by atoms with E-state index in [1.54, 1.807) is 7.11 Å². The summed E-state index contributed by atoms with van der Waals surface area (Å²) >= 11 is 0. The number of fused-ring (bicyclic) bond motifs is 1. The van der Waals surface area contributed by atoms with Gasteiger partial charge in [-0.05, 0) is 23.8 Å². The summed E-state index contributed by atoms with van der Waals surface area (Å²) in [4.78, 5) is 9.29. The maximum absolute atomic E-state index is 9.07. The van der Waals surface area contributed by atoms with Crippen LogP contribution in [0.25, 0.3) is 0 Å². The van der Waals surface area contributed by atoms with E-state index in [1.807, 2.05) is 30.5 Å². The van der Waals surface area contributed by atoms with Crippen LogP contribution in [0.15, 0.2) is 42.6 Å². The minimum atomic E-state index is 0.695. The van der Waals surface area contributed by atoms with Crippen LogP contribution >= 0.6 is 0 Å². The third-order valence-electron chi connectivity index (χ3n) is 4.27. The molecule has 24 heavy (non-hydrogen) atoms. The summed E-state index contributed by atoms with van der Waals surface area (Å²) < 4.78 is 5.23. The van der Waals surface area contributed by atoms with Gasteiger partial charge in [0, 0.05) is 51.6 Å². The Morgan fingerprint density at radius 1 is 1.25 bits per heavy atom. The number of ether oxygens (including phenoxy) is 1. The molecule has 2 aromatic rings. The Balaban J connectivity index is 1.77. The Hall–Kier alpha value is -2.42. The Morgan fingerprint density at radius 3 is 3.00 bits per heavy atom. The van der Waals surface area contributed by atoms with Gasteiger partial charge in [0.05, 0.1) is 18.2 Å². The molecule has 1 aliphatic rings. The molecule has 0 amide bonds. The van der Waals surface area contributed by atoms with Crippen molar-refractivity contribution in [2.45, 2.75) is 13.1 Å². The normalized spacial score (nSPS) is 14.8. The summed E-state index contributed by atoms with van der Waals surface area (Å²) in [6, 6.07) is 14.2. The van der Waals surface area contributed by atoms with Crippen LogP contribution in [0.3, 0.4) is 0 Å². The van der Waals surface area contributed by atoms with Gasteiger partial charge in [-0.1, -0.05) is 18.2 Å². The maximum atomic E-state index is 9.07. The zero-order valence-corrected chi connectivity index (χ0v) is 14.0. The van der Waals surface area contributed by atoms with E-state index < -0.39 is 0 Å². The van der Waals surface area contributed by atoms with Crippen molar-refractivity contribution in [1.82, 2.24) is 9.88 Å². The van der Waals surface area contributed by atoms with Gasteiger partial charge >= 0.3 is 0 Å². The topological polar surface area (TPSA) is 52.4 Å². The van der Waals surface area contributed by atoms with Crippen LogP contribution in [0.4, 0.5) is 5.82 Å². The van der Waals surface area contributed by atoms with Crippen LogP contribution in [0.2, 0.25) is 0 Å². The Labute approximate surface area is 143 Å². The van der Waals surface area contributed by atoms with E-state index in [4.69, 9.17) is 10.00 Å². The van der Waals surface area contributed by atoms with Crippen molar-refractivity contribution < 1.29 is 4.74 Å². The Morgan fingerprint density at radius 2 is 2.17 bits per heavy atom. The SMILES string of the molecule is COCCN1CCN(Cc2cccc(C#N)c2)Cc2cccnc21. The molecule has 0 fully saturated rings. The summed E-state index contributed by atoms with van der Waals surface area (Å²) in [6.45, 7) is 5.12. The number of benzene rings is 1. The van der Waals surface area contributed by atoms with E-state index in [9.17, 15) is 0 Å². The van der Waals surface area contributed by atoms with Gasteiger partial charge < -0.3 is 9.64 Å². The van der Waals surface area contributed by atoms with Crippen molar-refractivity contribution in [3.63, 3.8) is 0 Å². The van der Waals surface area contributed by atoms with E-state index in [2.05, 4.69) is 33.0 Å². The molecular formula is C19H22N4O. The Kier molecular flexibility index (Phi) is 5.42. The van der Waals surface area contributed by atoms with Crippen LogP contribution in [0.1, 0.15) is 16.7 Å². The van der Waals surface area contributed by atoms with Gasteiger partial charge in [0.2, 0.25) is 0 Å². The van der Waals surface area contributed by atoms with E-state index >= 15 is 0 Å². The Bertz CT molecular complexity index is 725. The van der Waals surface area contributed by atoms with Crippen LogP contribution in [-0.2, 0) is 17.8 Å². The number of methoxy groups -OCH3 is 1. The molecule has 0 bridgehead atoms. The molecule has 0 atom stereocenters. The minimum absolute atomic E-state index is 0.695. The molecule has 0 saturated carbocycles. The van der Waals surface area contributed by atoms with Gasteiger partial charge in [-0.15, -0.1) is 0 Å². The standard InChI is InChI=1S/C19H22N4O/c1-24-11-10-23-9-8-22(15-18-6-3-7-21-19(18)23)14-17-5-2-4-16(12-17)13-20/h2-7,12H,8-11,14-15H2,1H3. The molecule has 5 heteroatoms. The van der Waals surface area contributed by atoms with Crippen molar-refractivity contribution in [3.8, 4) is 6.07 Å². The molecule has 0 aliphatic carbocycles. The van der Waals surface area contributed by atoms with E-state index in [1.165, 1.54) is 11.1 Å². The molecule has 5 nitrogen and oxygen atoms in total. The first kappa shape index (κ1) is 16.4. The first-order chi connectivity index (χ1) is 11.8. The van der Waals surface area contributed by atoms with E-state index in [0.29, 0.717) is 12.2 Å². The van der Waals surface area contributed by atoms with Crippen molar-refractivity contribution in [2.75, 3.05) is 38.3 Å². The van der Waals surface area contributed by atoms with Crippen molar-refractivity contribution in [3.05, 3.63) is 59.3 Å². The number of hydrogen-bond donors (Lipinski definition) is 0. The lowest BCUT2D eigenvalue weighted by molar-refractivity contribution is 0.203. The van der Waals surface area contributed by atoms with Gasteiger partial charge in [-0.25, -0.2) is 4.98 Å². The fraction of sp³-hybridized carbons (Fsp3) is 0.368. The molecule has 1 aromatic carbocycles. The average Bonchev–Trinajstić information content (AvgIpc) is 2.79. The first-order valence-electron chi connectivity index (χ1n) is 8.19. The number of nitrogens with zero attached hydrogens (tertiary/aromatic N) is 4. The van der Waals surface area contributed by atoms with Crippen LogP contribution < -0.4 is 4.90 Å². The number of nitriles is 1. The highest BCUT2D eigenvalue weighted by atomic mass is 16.5. The van der Waals surface area contributed by atoms with Crippen LogP contribution in [0, 0.1) is 11.3 Å². The fourth-order valence-electron chi connectivity index (χ4n) is 3.08. The molecule has 1 aliphatic heterocycles. The molecule has 0 radical (unpaired) electrons. The summed E-state index contributed by atoms with van der Waals surface area (Å²) in [5.41, 5.74) is 3.12. The summed E-state index contributed by atoms with van der Waals surface area (Å²) in [7, 11) is 1.73.